The molecule has 0 spiro atoms. The van der Waals surface area contributed by atoms with Crippen LogP contribution < -0.4 is 4.90 Å². The summed E-state index contributed by atoms with van der Waals surface area (Å²) < 4.78 is 0.938. The highest BCUT2D eigenvalue weighted by Crippen LogP contribution is 2.39. The molecule has 0 saturated carbocycles. The van der Waals surface area contributed by atoms with E-state index in [9.17, 15) is 5.26 Å². The molecular weight excluding hydrogens is 300 g/mol. The van der Waals surface area contributed by atoms with E-state index in [-0.39, 0.29) is 0 Å². The van der Waals surface area contributed by atoms with Crippen molar-refractivity contribution >= 4 is 27.3 Å². The van der Waals surface area contributed by atoms with Crippen LogP contribution >= 0.6 is 15.9 Å². The number of benzene rings is 2. The maximum absolute atomic E-state index is 9.34. The van der Waals surface area contributed by atoms with Crippen molar-refractivity contribution in [2.45, 2.75) is 19.4 Å². The molecular formula is C16H13BrN2. The van der Waals surface area contributed by atoms with E-state index in [0.717, 1.165) is 16.6 Å². The summed E-state index contributed by atoms with van der Waals surface area (Å²) in [6.07, 6.45) is 1.02. The molecule has 0 saturated heterocycles. The molecule has 2 aromatic carbocycles. The van der Waals surface area contributed by atoms with E-state index >= 15 is 0 Å². The van der Waals surface area contributed by atoms with E-state index in [1.165, 1.54) is 11.3 Å². The number of rotatable bonds is 1. The van der Waals surface area contributed by atoms with Crippen molar-refractivity contribution in [2.24, 2.45) is 0 Å². The molecule has 1 unspecified atom stereocenters. The molecule has 3 heteroatoms. The van der Waals surface area contributed by atoms with Gasteiger partial charge in [0.1, 0.15) is 6.07 Å². The first-order chi connectivity index (χ1) is 9.20. The second-order valence-corrected chi connectivity index (χ2v) is 5.74. The molecule has 1 heterocycles. The Bertz CT molecular complexity index is 673. The zero-order valence-electron chi connectivity index (χ0n) is 10.6. The minimum atomic E-state index is 0.380. The third-order valence-electron chi connectivity index (χ3n) is 3.55. The fourth-order valence-electron chi connectivity index (χ4n) is 2.74. The molecule has 0 N–H and O–H groups in total. The molecule has 0 aliphatic carbocycles. The van der Waals surface area contributed by atoms with Gasteiger partial charge in [0.15, 0.2) is 0 Å². The minimum Gasteiger partial charge on any atom is -0.337 e. The first kappa shape index (κ1) is 12.3. The van der Waals surface area contributed by atoms with Crippen LogP contribution in [0.5, 0.6) is 0 Å². The van der Waals surface area contributed by atoms with Gasteiger partial charge in [-0.15, -0.1) is 0 Å². The molecule has 94 valence electrons. The highest BCUT2D eigenvalue weighted by Gasteiger charge is 2.28. The van der Waals surface area contributed by atoms with E-state index in [2.05, 4.69) is 58.1 Å². The first-order valence-corrected chi connectivity index (χ1v) is 7.07. The molecule has 1 aliphatic rings. The van der Waals surface area contributed by atoms with Crippen LogP contribution in [-0.4, -0.2) is 6.04 Å². The zero-order chi connectivity index (χ0) is 13.4. The molecule has 0 radical (unpaired) electrons. The smallest absolute Gasteiger partial charge is 0.101 e. The van der Waals surface area contributed by atoms with Gasteiger partial charge in [-0.25, -0.2) is 0 Å². The number of hydrogen-bond acceptors (Lipinski definition) is 2. The van der Waals surface area contributed by atoms with E-state index < -0.39 is 0 Å². The summed E-state index contributed by atoms with van der Waals surface area (Å²) in [6.45, 7) is 2.20. The number of fused-ring (bicyclic) bond motifs is 1. The zero-order valence-corrected chi connectivity index (χ0v) is 12.2. The van der Waals surface area contributed by atoms with Crippen LogP contribution in [0.3, 0.4) is 0 Å². The maximum Gasteiger partial charge on any atom is 0.101 e. The third kappa shape index (κ3) is 2.02. The number of anilines is 2. The molecule has 1 atom stereocenters. The van der Waals surface area contributed by atoms with Crippen LogP contribution in [0, 0.1) is 11.3 Å². The Morgan fingerprint density at radius 1 is 1.21 bits per heavy atom. The Labute approximate surface area is 121 Å². The summed E-state index contributed by atoms with van der Waals surface area (Å²) in [5.74, 6) is 0. The van der Waals surface area contributed by atoms with Crippen molar-refractivity contribution in [2.75, 3.05) is 4.90 Å². The summed E-state index contributed by atoms with van der Waals surface area (Å²) in [5.41, 5.74) is 4.26. The third-order valence-corrected chi connectivity index (χ3v) is 4.04. The second kappa shape index (κ2) is 4.71. The summed E-state index contributed by atoms with van der Waals surface area (Å²) in [6, 6.07) is 17.0. The Morgan fingerprint density at radius 3 is 2.79 bits per heavy atom. The van der Waals surface area contributed by atoms with Crippen molar-refractivity contribution in [3.63, 3.8) is 0 Å². The van der Waals surface area contributed by atoms with Crippen molar-refractivity contribution in [3.05, 3.63) is 58.1 Å². The van der Waals surface area contributed by atoms with Gasteiger partial charge in [-0.1, -0.05) is 34.1 Å². The molecule has 2 nitrogen and oxygen atoms in total. The highest BCUT2D eigenvalue weighted by atomic mass is 79.9. The Morgan fingerprint density at radius 2 is 2.00 bits per heavy atom. The average molecular weight is 313 g/mol. The van der Waals surface area contributed by atoms with Gasteiger partial charge in [0.2, 0.25) is 0 Å². The molecule has 0 bridgehead atoms. The van der Waals surface area contributed by atoms with Crippen LogP contribution in [0.4, 0.5) is 11.4 Å². The number of nitriles is 1. The van der Waals surface area contributed by atoms with Gasteiger partial charge in [0.05, 0.1) is 11.3 Å². The second-order valence-electron chi connectivity index (χ2n) is 4.83. The maximum atomic E-state index is 9.34. The van der Waals surface area contributed by atoms with Crippen LogP contribution in [0.25, 0.3) is 0 Å². The lowest BCUT2D eigenvalue weighted by Gasteiger charge is -2.26. The fraction of sp³-hybridized carbons (Fsp3) is 0.188. The van der Waals surface area contributed by atoms with Crippen molar-refractivity contribution in [3.8, 4) is 6.07 Å². The van der Waals surface area contributed by atoms with Crippen LogP contribution in [0.1, 0.15) is 18.1 Å². The number of halogens is 1. The predicted molar refractivity (Wildman–Crippen MR) is 80.6 cm³/mol. The van der Waals surface area contributed by atoms with Gasteiger partial charge >= 0.3 is 0 Å². The van der Waals surface area contributed by atoms with Crippen molar-refractivity contribution in [1.82, 2.24) is 0 Å². The summed E-state index contributed by atoms with van der Waals surface area (Å²) in [5, 5.41) is 9.34. The largest absolute Gasteiger partial charge is 0.337 e. The first-order valence-electron chi connectivity index (χ1n) is 6.27. The van der Waals surface area contributed by atoms with Gasteiger partial charge in [-0.05, 0) is 43.2 Å². The molecule has 1 aliphatic heterocycles. The minimum absolute atomic E-state index is 0.380. The summed E-state index contributed by atoms with van der Waals surface area (Å²) in [4.78, 5) is 2.26. The van der Waals surface area contributed by atoms with Crippen LogP contribution in [0.2, 0.25) is 0 Å². The Kier molecular flexibility index (Phi) is 3.04. The number of nitrogens with zero attached hydrogens (tertiary/aromatic N) is 2. The molecule has 2 aromatic rings. The van der Waals surface area contributed by atoms with E-state index in [1.54, 1.807) is 0 Å². The number of para-hydroxylation sites is 1. The number of hydrogen-bond donors (Lipinski definition) is 0. The predicted octanol–water partition coefficient (Wildman–Crippen LogP) is 4.40. The van der Waals surface area contributed by atoms with Gasteiger partial charge in [0, 0.05) is 16.2 Å². The molecule has 3 rings (SSSR count). The average Bonchev–Trinajstić information content (AvgIpc) is 2.74. The molecule has 0 amide bonds. The summed E-state index contributed by atoms with van der Waals surface area (Å²) >= 11 is 3.42. The highest BCUT2D eigenvalue weighted by molar-refractivity contribution is 9.10. The van der Waals surface area contributed by atoms with E-state index in [0.29, 0.717) is 11.6 Å². The van der Waals surface area contributed by atoms with E-state index in [4.69, 9.17) is 0 Å². The fourth-order valence-corrected chi connectivity index (χ4v) is 3.10. The van der Waals surface area contributed by atoms with Crippen LogP contribution in [-0.2, 0) is 6.42 Å². The normalized spacial score (nSPS) is 17.1. The van der Waals surface area contributed by atoms with Crippen molar-refractivity contribution < 1.29 is 0 Å². The quantitative estimate of drug-likeness (QED) is 0.780. The standard InChI is InChI=1S/C16H13BrN2/c1-11-8-12-4-2-3-5-15(12)19(11)16-7-6-14(17)9-13(16)10-18/h2-7,9,11H,8H2,1H3. The van der Waals surface area contributed by atoms with Gasteiger partial charge in [-0.3, -0.25) is 0 Å². The Balaban J connectivity index is 2.15. The van der Waals surface area contributed by atoms with Crippen molar-refractivity contribution in [1.29, 1.82) is 5.26 Å². The van der Waals surface area contributed by atoms with Gasteiger partial charge < -0.3 is 4.90 Å². The lowest BCUT2D eigenvalue weighted by Crippen LogP contribution is -2.24. The van der Waals surface area contributed by atoms with Gasteiger partial charge in [-0.2, -0.15) is 5.26 Å². The van der Waals surface area contributed by atoms with Gasteiger partial charge in [0.25, 0.3) is 0 Å². The van der Waals surface area contributed by atoms with Crippen LogP contribution in [0.15, 0.2) is 46.9 Å². The lowest BCUT2D eigenvalue weighted by atomic mass is 10.1. The topological polar surface area (TPSA) is 27.0 Å². The monoisotopic (exact) mass is 312 g/mol. The molecule has 19 heavy (non-hydrogen) atoms. The Hall–Kier alpha value is -1.79. The lowest BCUT2D eigenvalue weighted by molar-refractivity contribution is 0.758. The van der Waals surface area contributed by atoms with E-state index in [1.807, 2.05) is 18.2 Å². The SMILES string of the molecule is CC1Cc2ccccc2N1c1ccc(Br)cc1C#N. The summed E-state index contributed by atoms with van der Waals surface area (Å²) in [7, 11) is 0. The molecule has 0 fully saturated rings. The molecule has 0 aromatic heterocycles.